The third-order valence-electron chi connectivity index (χ3n) is 13.4. The first-order chi connectivity index (χ1) is 30.8. The van der Waals surface area contributed by atoms with E-state index in [4.69, 9.17) is 18.8 Å². The van der Waals surface area contributed by atoms with Crippen LogP contribution in [0.2, 0.25) is 0 Å². The number of hydrogen-bond acceptors (Lipinski definition) is 10. The molecule has 4 aliphatic heterocycles. The summed E-state index contributed by atoms with van der Waals surface area (Å²) in [7, 11) is 2.11. The lowest BCUT2D eigenvalue weighted by Crippen LogP contribution is -2.43. The van der Waals surface area contributed by atoms with E-state index in [0.29, 0.717) is 73.1 Å². The Hall–Kier alpha value is -6.31. The van der Waals surface area contributed by atoms with Crippen LogP contribution in [0.1, 0.15) is 46.4 Å². The molecule has 0 bridgehead atoms. The molecule has 0 atom stereocenters. The highest BCUT2D eigenvalue weighted by atomic mass is 19.4. The number of anilines is 1. The number of nitrogens with zero attached hydrogens (tertiary/aromatic N) is 5. The first-order valence-electron chi connectivity index (χ1n) is 22.0. The van der Waals surface area contributed by atoms with Gasteiger partial charge in [0.2, 0.25) is 0 Å². The van der Waals surface area contributed by atoms with Crippen LogP contribution < -0.4 is 31.7 Å². The average molecular weight is 867 g/mol. The Bertz CT molecular complexity index is 3240. The zero-order valence-electron chi connectivity index (χ0n) is 36.4. The minimum absolute atomic E-state index is 0.00107. The number of nitrogens with one attached hydrogen (secondary N) is 1. The summed E-state index contributed by atoms with van der Waals surface area (Å²) >= 11 is 0. The summed E-state index contributed by atoms with van der Waals surface area (Å²) in [5, 5.41) is 4.19. The van der Waals surface area contributed by atoms with Gasteiger partial charge in [0.05, 0.1) is 22.0 Å². The second-order valence-corrected chi connectivity index (χ2v) is 17.5. The zero-order chi connectivity index (χ0) is 44.4. The van der Waals surface area contributed by atoms with Crippen LogP contribution in [0.25, 0.3) is 45.3 Å². The SMILES string of the molecule is Cc1c2nc3cc(Cc4c(C)c5nc6c(oc=5c(=C5C=CC(N7CCN(C)CC7)=CC5)c4=O)=CC(C(F)(F)F)=CC6)ccc3oc-2c(-c2ccc(N3CCCNCC3)cc2)c(=O)c1C. The Morgan fingerprint density at radius 3 is 2.34 bits per heavy atom. The van der Waals surface area contributed by atoms with Gasteiger partial charge in [0, 0.05) is 81.2 Å². The lowest BCUT2D eigenvalue weighted by Gasteiger charge is -2.35. The van der Waals surface area contributed by atoms with E-state index in [2.05, 4.69) is 45.3 Å². The predicted octanol–water partition coefficient (Wildman–Crippen LogP) is 6.42. The van der Waals surface area contributed by atoms with E-state index in [1.165, 1.54) is 0 Å². The van der Waals surface area contributed by atoms with Crippen molar-refractivity contribution in [2.45, 2.75) is 52.6 Å². The molecular weight excluding hydrogens is 818 g/mol. The van der Waals surface area contributed by atoms with Crippen LogP contribution in [-0.4, -0.2) is 85.3 Å². The Labute approximate surface area is 367 Å². The molecule has 4 heterocycles. The molecule has 2 saturated heterocycles. The van der Waals surface area contributed by atoms with Crippen LogP contribution in [0.15, 0.2) is 96.5 Å². The van der Waals surface area contributed by atoms with Crippen molar-refractivity contribution in [2.24, 2.45) is 0 Å². The van der Waals surface area contributed by atoms with Gasteiger partial charge in [-0.15, -0.1) is 0 Å². The summed E-state index contributed by atoms with van der Waals surface area (Å²) in [5.74, 6) is 0.423. The number of rotatable bonds is 5. The molecule has 328 valence electrons. The molecule has 0 saturated carbocycles. The van der Waals surface area contributed by atoms with Crippen molar-refractivity contribution in [1.29, 1.82) is 0 Å². The monoisotopic (exact) mass is 866 g/mol. The van der Waals surface area contributed by atoms with Crippen LogP contribution in [0.4, 0.5) is 18.9 Å². The molecular formula is C51H49F3N6O4. The first-order valence-corrected chi connectivity index (χ1v) is 22.0. The molecule has 10 rings (SSSR count). The summed E-state index contributed by atoms with van der Waals surface area (Å²) in [6.45, 7) is 13.0. The topological polar surface area (TPSA) is 108 Å². The molecule has 10 nitrogen and oxygen atoms in total. The summed E-state index contributed by atoms with van der Waals surface area (Å²) < 4.78 is 54.5. The van der Waals surface area contributed by atoms with Crippen molar-refractivity contribution >= 4 is 28.4 Å². The molecule has 0 aromatic heterocycles. The molecule has 0 amide bonds. The quantitative estimate of drug-likeness (QED) is 0.196. The fourth-order valence-corrected chi connectivity index (χ4v) is 9.49. The van der Waals surface area contributed by atoms with E-state index >= 15 is 0 Å². The molecule has 8 aliphatic rings. The van der Waals surface area contributed by atoms with Crippen LogP contribution in [0.3, 0.4) is 0 Å². The number of hydrogen-bond donors (Lipinski definition) is 1. The molecule has 13 heteroatoms. The van der Waals surface area contributed by atoms with Gasteiger partial charge in [-0.25, -0.2) is 9.97 Å². The van der Waals surface area contributed by atoms with E-state index in [1.54, 1.807) is 0 Å². The van der Waals surface area contributed by atoms with E-state index in [-0.39, 0.29) is 34.5 Å². The van der Waals surface area contributed by atoms with Gasteiger partial charge >= 0.3 is 6.18 Å². The lowest BCUT2D eigenvalue weighted by molar-refractivity contribution is -0.0869. The summed E-state index contributed by atoms with van der Waals surface area (Å²) in [6.07, 6.45) is 5.26. The third-order valence-corrected chi connectivity index (χ3v) is 13.4. The minimum Gasteiger partial charge on any atom is -0.452 e. The van der Waals surface area contributed by atoms with Crippen molar-refractivity contribution in [1.82, 2.24) is 25.1 Å². The highest BCUT2D eigenvalue weighted by Gasteiger charge is 2.34. The number of halogens is 3. The highest BCUT2D eigenvalue weighted by Crippen LogP contribution is 2.37. The van der Waals surface area contributed by atoms with Gasteiger partial charge in [0.1, 0.15) is 22.0 Å². The van der Waals surface area contributed by atoms with Gasteiger partial charge in [0.15, 0.2) is 27.6 Å². The predicted molar refractivity (Wildman–Crippen MR) is 243 cm³/mol. The molecule has 4 aliphatic carbocycles. The number of alkyl halides is 3. The largest absolute Gasteiger partial charge is 0.452 e. The molecule has 2 fully saturated rings. The molecule has 0 spiro atoms. The van der Waals surface area contributed by atoms with Crippen LogP contribution >= 0.6 is 0 Å². The highest BCUT2D eigenvalue weighted by molar-refractivity contribution is 5.87. The van der Waals surface area contributed by atoms with Crippen LogP contribution in [0.5, 0.6) is 0 Å². The smallest absolute Gasteiger partial charge is 0.416 e. The zero-order valence-corrected chi connectivity index (χ0v) is 36.4. The van der Waals surface area contributed by atoms with Gasteiger partial charge in [-0.05, 0) is 111 Å². The van der Waals surface area contributed by atoms with Crippen molar-refractivity contribution < 1.29 is 22.0 Å². The van der Waals surface area contributed by atoms with Crippen molar-refractivity contribution in [3.63, 3.8) is 0 Å². The lowest BCUT2D eigenvalue weighted by atomic mass is 9.93. The number of benzene rings is 3. The van der Waals surface area contributed by atoms with Crippen LogP contribution in [-0.2, 0) is 12.8 Å². The summed E-state index contributed by atoms with van der Waals surface area (Å²) in [4.78, 5) is 45.8. The Morgan fingerprint density at radius 1 is 0.797 bits per heavy atom. The maximum absolute atomic E-state index is 14.9. The standard InChI is InChI=1S/C51H49F3N6O4/c1-29-30(2)47(61)43(33-7-12-36(13-8-33)59-20-5-18-55-19-21-59)49-45(29)57-40-27-32(6-17-41(40)63-49)26-38-31(3)46-50(64-42-28-35(51(52,53)54)11-16-39(42)56-46)44(48(38)62)34-9-14-37(15-10-34)60-24-22-58(4)23-25-60/h6-9,11-15,17,27-28,55H,5,10,16,18-26H2,1-4H3. The normalized spacial score (nSPS) is 18.3. The maximum atomic E-state index is 14.9. The number of allylic oxidation sites excluding steroid dienone is 5. The second-order valence-electron chi connectivity index (χ2n) is 17.5. The fraction of sp³-hybridized carbons (Fsp3) is 0.333. The number of piperazine rings is 1. The first kappa shape index (κ1) is 41.7. The average Bonchev–Trinajstić information content (AvgIpc) is 3.59. The maximum Gasteiger partial charge on any atom is 0.416 e. The molecule has 0 unspecified atom stereocenters. The van der Waals surface area contributed by atoms with Gasteiger partial charge in [-0.3, -0.25) is 9.59 Å². The van der Waals surface area contributed by atoms with Crippen molar-refractivity contribution in [3.05, 3.63) is 153 Å². The summed E-state index contributed by atoms with van der Waals surface area (Å²) in [6, 6.07) is 13.7. The number of fused-ring (bicyclic) bond motifs is 3. The van der Waals surface area contributed by atoms with Gasteiger partial charge < -0.3 is 28.9 Å². The molecule has 2 aromatic rings. The number of likely N-dealkylation sites (N-methyl/N-ethyl adjacent to an activating group) is 1. The van der Waals surface area contributed by atoms with Gasteiger partial charge in [0.25, 0.3) is 0 Å². The van der Waals surface area contributed by atoms with E-state index in [1.807, 2.05) is 63.3 Å². The van der Waals surface area contributed by atoms with Crippen LogP contribution in [0, 0.1) is 31.5 Å². The summed E-state index contributed by atoms with van der Waals surface area (Å²) in [5.41, 5.74) is 8.42. The van der Waals surface area contributed by atoms with Crippen molar-refractivity contribution in [2.75, 3.05) is 64.3 Å². The third kappa shape index (κ3) is 7.53. The Kier molecular flexibility index (Phi) is 10.7. The minimum atomic E-state index is -4.55. The van der Waals surface area contributed by atoms with Gasteiger partial charge in [-0.1, -0.05) is 36.4 Å². The van der Waals surface area contributed by atoms with E-state index in [9.17, 15) is 22.8 Å². The molecule has 2 aromatic carbocycles. The van der Waals surface area contributed by atoms with E-state index < -0.39 is 11.7 Å². The number of aromatic nitrogens is 2. The Balaban J connectivity index is 1.07. The molecule has 1 N–H and O–H groups in total. The Morgan fingerprint density at radius 2 is 1.59 bits per heavy atom. The second kappa shape index (κ2) is 16.4. The molecule has 64 heavy (non-hydrogen) atoms. The van der Waals surface area contributed by atoms with Gasteiger partial charge in [-0.2, -0.15) is 13.2 Å². The molecule has 0 radical (unpaired) electrons. The van der Waals surface area contributed by atoms with Crippen molar-refractivity contribution in [3.8, 4) is 22.6 Å². The van der Waals surface area contributed by atoms with E-state index in [0.717, 1.165) is 99.0 Å². The fourth-order valence-electron chi connectivity index (χ4n) is 9.49.